The Bertz CT molecular complexity index is 1210. The number of hydrogen-bond acceptors (Lipinski definition) is 4. The first kappa shape index (κ1) is 19.6. The molecule has 0 radical (unpaired) electrons. The average Bonchev–Trinajstić information content (AvgIpc) is 3.38. The van der Waals surface area contributed by atoms with E-state index in [1.165, 1.54) is 0 Å². The lowest BCUT2D eigenvalue weighted by atomic mass is 10.1. The lowest BCUT2D eigenvalue weighted by Gasteiger charge is -2.06. The highest BCUT2D eigenvalue weighted by atomic mass is 16.1. The molecule has 8 heteroatoms. The van der Waals surface area contributed by atoms with Gasteiger partial charge in [-0.15, -0.1) is 0 Å². The highest BCUT2D eigenvalue weighted by Gasteiger charge is 2.18. The standard InChI is InChI=1S/C22H25N7O/c1-13-18(15(3)29(27-13)17-9-7-6-8-10-17)12-23-22(30)20-11-19(24-25-20)21-14(2)26-28(5)16(21)4/h6-11H,12H2,1-5H3,(H,23,30)(H,24,25). The number of aryl methyl sites for hydroxylation is 3. The highest BCUT2D eigenvalue weighted by Crippen LogP contribution is 2.25. The van der Waals surface area contributed by atoms with Crippen LogP contribution in [0.3, 0.4) is 0 Å². The molecular formula is C22H25N7O. The van der Waals surface area contributed by atoms with Gasteiger partial charge in [0.1, 0.15) is 5.69 Å². The van der Waals surface area contributed by atoms with Gasteiger partial charge >= 0.3 is 0 Å². The zero-order valence-corrected chi connectivity index (χ0v) is 17.8. The van der Waals surface area contributed by atoms with Gasteiger partial charge in [-0.2, -0.15) is 15.3 Å². The molecule has 0 atom stereocenters. The maximum Gasteiger partial charge on any atom is 0.269 e. The number of nitrogens with one attached hydrogen (secondary N) is 2. The van der Waals surface area contributed by atoms with Gasteiger partial charge in [-0.3, -0.25) is 14.6 Å². The molecule has 8 nitrogen and oxygen atoms in total. The number of rotatable bonds is 5. The van der Waals surface area contributed by atoms with E-state index in [1.807, 2.05) is 74.4 Å². The molecule has 1 amide bonds. The third-order valence-electron chi connectivity index (χ3n) is 5.46. The van der Waals surface area contributed by atoms with E-state index in [0.717, 1.165) is 39.6 Å². The van der Waals surface area contributed by atoms with Crippen LogP contribution in [0.25, 0.3) is 16.9 Å². The van der Waals surface area contributed by atoms with Crippen molar-refractivity contribution < 1.29 is 4.79 Å². The van der Waals surface area contributed by atoms with Crippen LogP contribution in [0.1, 0.15) is 38.8 Å². The second-order valence-corrected chi connectivity index (χ2v) is 7.42. The van der Waals surface area contributed by atoms with Gasteiger partial charge in [-0.25, -0.2) is 4.68 Å². The first-order valence-electron chi connectivity index (χ1n) is 9.81. The van der Waals surface area contributed by atoms with E-state index >= 15 is 0 Å². The second-order valence-electron chi connectivity index (χ2n) is 7.42. The highest BCUT2D eigenvalue weighted by molar-refractivity contribution is 5.93. The molecule has 0 aliphatic heterocycles. The molecular weight excluding hydrogens is 378 g/mol. The number of nitrogens with zero attached hydrogens (tertiary/aromatic N) is 5. The van der Waals surface area contributed by atoms with Crippen LogP contribution >= 0.6 is 0 Å². The Morgan fingerprint density at radius 2 is 1.77 bits per heavy atom. The molecule has 0 spiro atoms. The maximum absolute atomic E-state index is 12.7. The fourth-order valence-electron chi connectivity index (χ4n) is 3.73. The van der Waals surface area contributed by atoms with Crippen LogP contribution in [-0.4, -0.2) is 35.7 Å². The summed E-state index contributed by atoms with van der Waals surface area (Å²) < 4.78 is 3.72. The Balaban J connectivity index is 1.51. The number of hydrogen-bond donors (Lipinski definition) is 2. The first-order valence-corrected chi connectivity index (χ1v) is 9.81. The van der Waals surface area contributed by atoms with Crippen molar-refractivity contribution in [3.05, 3.63) is 70.4 Å². The Kier molecular flexibility index (Phi) is 4.99. The van der Waals surface area contributed by atoms with Crippen molar-refractivity contribution in [2.75, 3.05) is 0 Å². The number of aromatic nitrogens is 6. The van der Waals surface area contributed by atoms with Crippen molar-refractivity contribution in [2.24, 2.45) is 7.05 Å². The Hall–Kier alpha value is -3.68. The molecule has 4 rings (SSSR count). The molecule has 3 heterocycles. The molecule has 4 aromatic rings. The second kappa shape index (κ2) is 7.62. The summed E-state index contributed by atoms with van der Waals surface area (Å²) in [6, 6.07) is 11.7. The third kappa shape index (κ3) is 3.41. The van der Waals surface area contributed by atoms with Gasteiger partial charge < -0.3 is 5.32 Å². The van der Waals surface area contributed by atoms with Crippen LogP contribution in [0.4, 0.5) is 0 Å². The lowest BCUT2D eigenvalue weighted by Crippen LogP contribution is -2.23. The minimum absolute atomic E-state index is 0.209. The molecule has 154 valence electrons. The van der Waals surface area contributed by atoms with Crippen LogP contribution in [0.15, 0.2) is 36.4 Å². The van der Waals surface area contributed by atoms with Crippen LogP contribution in [0, 0.1) is 27.7 Å². The summed E-state index contributed by atoms with van der Waals surface area (Å²) in [7, 11) is 1.90. The molecule has 0 saturated carbocycles. The lowest BCUT2D eigenvalue weighted by molar-refractivity contribution is 0.0946. The van der Waals surface area contributed by atoms with E-state index in [0.29, 0.717) is 17.9 Å². The minimum atomic E-state index is -0.209. The fourth-order valence-corrected chi connectivity index (χ4v) is 3.73. The van der Waals surface area contributed by atoms with E-state index in [4.69, 9.17) is 0 Å². The molecule has 30 heavy (non-hydrogen) atoms. The van der Waals surface area contributed by atoms with Crippen LogP contribution < -0.4 is 5.32 Å². The number of para-hydroxylation sites is 1. The summed E-state index contributed by atoms with van der Waals surface area (Å²) in [5.74, 6) is -0.209. The van der Waals surface area contributed by atoms with Gasteiger partial charge in [-0.1, -0.05) is 18.2 Å². The van der Waals surface area contributed by atoms with Crippen molar-refractivity contribution in [3.63, 3.8) is 0 Å². The first-order chi connectivity index (χ1) is 14.4. The molecule has 0 fully saturated rings. The summed E-state index contributed by atoms with van der Waals surface area (Å²) in [5.41, 5.74) is 7.87. The molecule has 0 bridgehead atoms. The monoisotopic (exact) mass is 403 g/mol. The number of aromatic amines is 1. The molecule has 1 aromatic carbocycles. The van der Waals surface area contributed by atoms with Crippen LogP contribution in [-0.2, 0) is 13.6 Å². The van der Waals surface area contributed by atoms with Gasteiger partial charge in [0, 0.05) is 36.1 Å². The maximum atomic E-state index is 12.7. The van der Waals surface area contributed by atoms with Gasteiger partial charge in [-0.05, 0) is 45.9 Å². The zero-order valence-electron chi connectivity index (χ0n) is 17.8. The quantitative estimate of drug-likeness (QED) is 0.535. The summed E-state index contributed by atoms with van der Waals surface area (Å²) in [6.07, 6.45) is 0. The predicted molar refractivity (Wildman–Crippen MR) is 114 cm³/mol. The molecule has 2 N–H and O–H groups in total. The summed E-state index contributed by atoms with van der Waals surface area (Å²) in [4.78, 5) is 12.7. The predicted octanol–water partition coefficient (Wildman–Crippen LogP) is 3.16. The van der Waals surface area contributed by atoms with Gasteiger partial charge in [0.25, 0.3) is 5.91 Å². The number of amides is 1. The van der Waals surface area contributed by atoms with Gasteiger partial charge in [0.2, 0.25) is 0 Å². The van der Waals surface area contributed by atoms with Crippen molar-refractivity contribution >= 4 is 5.91 Å². The fraction of sp³-hybridized carbons (Fsp3) is 0.273. The van der Waals surface area contributed by atoms with Crippen molar-refractivity contribution in [3.8, 4) is 16.9 Å². The van der Waals surface area contributed by atoms with Crippen molar-refractivity contribution in [2.45, 2.75) is 34.2 Å². The van der Waals surface area contributed by atoms with Crippen LogP contribution in [0.2, 0.25) is 0 Å². The van der Waals surface area contributed by atoms with E-state index in [-0.39, 0.29) is 5.91 Å². The van der Waals surface area contributed by atoms with E-state index in [1.54, 1.807) is 6.07 Å². The number of carbonyl (C=O) groups excluding carboxylic acids is 1. The third-order valence-corrected chi connectivity index (χ3v) is 5.46. The Morgan fingerprint density at radius 1 is 1.03 bits per heavy atom. The largest absolute Gasteiger partial charge is 0.347 e. The molecule has 0 saturated heterocycles. The van der Waals surface area contributed by atoms with Crippen molar-refractivity contribution in [1.82, 2.24) is 35.1 Å². The van der Waals surface area contributed by atoms with E-state index in [9.17, 15) is 4.79 Å². The molecule has 0 aliphatic carbocycles. The van der Waals surface area contributed by atoms with Crippen molar-refractivity contribution in [1.29, 1.82) is 0 Å². The summed E-state index contributed by atoms with van der Waals surface area (Å²) in [6.45, 7) is 8.28. The Labute approximate surface area is 174 Å². The summed E-state index contributed by atoms with van der Waals surface area (Å²) >= 11 is 0. The number of benzene rings is 1. The number of carbonyl (C=O) groups is 1. The van der Waals surface area contributed by atoms with Crippen LogP contribution in [0.5, 0.6) is 0 Å². The van der Waals surface area contributed by atoms with Gasteiger partial charge in [0.05, 0.1) is 22.8 Å². The Morgan fingerprint density at radius 3 is 2.43 bits per heavy atom. The average molecular weight is 403 g/mol. The SMILES string of the molecule is Cc1nn(-c2ccccc2)c(C)c1CNC(=O)c1cc(-c2c(C)nn(C)c2C)n[nH]1. The molecule has 3 aromatic heterocycles. The normalized spacial score (nSPS) is 11.1. The molecule has 0 unspecified atom stereocenters. The zero-order chi connectivity index (χ0) is 21.4. The number of H-pyrrole nitrogens is 1. The molecule has 0 aliphatic rings. The van der Waals surface area contributed by atoms with E-state index in [2.05, 4.69) is 25.7 Å². The smallest absolute Gasteiger partial charge is 0.269 e. The minimum Gasteiger partial charge on any atom is -0.347 e. The van der Waals surface area contributed by atoms with Gasteiger partial charge in [0.15, 0.2) is 0 Å². The topological polar surface area (TPSA) is 93.4 Å². The summed E-state index contributed by atoms with van der Waals surface area (Å²) in [5, 5.41) is 19.2. The van der Waals surface area contributed by atoms with E-state index < -0.39 is 0 Å².